The number of alkyl halides is 4. The number of rotatable bonds is 2. The Kier molecular flexibility index (Phi) is 2.97. The maximum atomic E-state index is 13.0. The number of thiophene rings is 1. The lowest BCUT2D eigenvalue weighted by Gasteiger charge is -2.26. The summed E-state index contributed by atoms with van der Waals surface area (Å²) in [6, 6.07) is 1.61. The molecule has 0 radical (unpaired) electrons. The normalized spacial score (nSPS) is 24.8. The summed E-state index contributed by atoms with van der Waals surface area (Å²) in [6.45, 7) is 0. The van der Waals surface area contributed by atoms with Crippen molar-refractivity contribution in [2.45, 2.75) is 17.2 Å². The van der Waals surface area contributed by atoms with Gasteiger partial charge in [0, 0.05) is 5.33 Å². The molecule has 1 aromatic heterocycles. The third-order valence-electron chi connectivity index (χ3n) is 2.09. The first-order valence-electron chi connectivity index (χ1n) is 4.18. The molecule has 2 heterocycles. The second-order valence-corrected chi connectivity index (χ2v) is 4.51. The first kappa shape index (κ1) is 11.9. The zero-order valence-electron chi connectivity index (χ0n) is 7.71. The first-order chi connectivity index (χ1) is 7.51. The molecular formula is C8H6BrF3N2OS. The average molecular weight is 315 g/mol. The van der Waals surface area contributed by atoms with Gasteiger partial charge in [-0.15, -0.1) is 11.3 Å². The van der Waals surface area contributed by atoms with E-state index in [-0.39, 0.29) is 4.88 Å². The molecule has 1 unspecified atom stereocenters. The molecule has 0 bridgehead atoms. The predicted octanol–water partition coefficient (Wildman–Crippen LogP) is 2.92. The lowest BCUT2D eigenvalue weighted by molar-refractivity contribution is -0.283. The molecule has 16 heavy (non-hydrogen) atoms. The highest BCUT2D eigenvalue weighted by molar-refractivity contribution is 9.08. The topological polar surface area (TPSA) is 33.6 Å². The van der Waals surface area contributed by atoms with Crippen LogP contribution in [-0.4, -0.2) is 12.5 Å². The van der Waals surface area contributed by atoms with Crippen LogP contribution in [0.3, 0.4) is 0 Å². The monoisotopic (exact) mass is 314 g/mol. The first-order valence-corrected chi connectivity index (χ1v) is 6.18. The molecule has 0 fully saturated rings. The maximum absolute atomic E-state index is 13.0. The third kappa shape index (κ3) is 1.64. The summed E-state index contributed by atoms with van der Waals surface area (Å²) in [5.74, 6) is 0. The van der Waals surface area contributed by atoms with Gasteiger partial charge in [0.2, 0.25) is 0 Å². The van der Waals surface area contributed by atoms with Crippen LogP contribution in [0, 0.1) is 0 Å². The third-order valence-corrected chi connectivity index (χ3v) is 3.74. The summed E-state index contributed by atoms with van der Waals surface area (Å²) in [5, 5.41) is 1.90. The van der Waals surface area contributed by atoms with Gasteiger partial charge in [0.1, 0.15) is 6.34 Å². The van der Waals surface area contributed by atoms with Gasteiger partial charge >= 0.3 is 11.9 Å². The zero-order chi connectivity index (χ0) is 11.8. The second-order valence-electron chi connectivity index (χ2n) is 3.03. The fraction of sp³-hybridized carbons (Fsp3) is 0.375. The van der Waals surface area contributed by atoms with Crippen molar-refractivity contribution < 1.29 is 18.0 Å². The fourth-order valence-corrected chi connectivity index (χ4v) is 3.04. The molecule has 0 saturated heterocycles. The number of hydrogen-bond acceptors (Lipinski definition) is 4. The minimum atomic E-state index is -4.60. The predicted molar refractivity (Wildman–Crippen MR) is 57.4 cm³/mol. The molecule has 1 aliphatic rings. The van der Waals surface area contributed by atoms with Gasteiger partial charge in [0.05, 0.1) is 4.88 Å². The number of aliphatic imine (C=N–C) groups is 1. The van der Waals surface area contributed by atoms with Gasteiger partial charge in [-0.05, 0) is 17.0 Å². The van der Waals surface area contributed by atoms with Crippen LogP contribution >= 0.6 is 27.3 Å². The highest BCUT2D eigenvalue weighted by atomic mass is 79.9. The smallest absolute Gasteiger partial charge is 0.253 e. The number of hydroxylamine groups is 1. The lowest BCUT2D eigenvalue weighted by Crippen LogP contribution is -2.42. The van der Waals surface area contributed by atoms with Crippen LogP contribution in [0.2, 0.25) is 0 Å². The Balaban J connectivity index is 2.53. The molecular weight excluding hydrogens is 309 g/mol. The van der Waals surface area contributed by atoms with Crippen molar-refractivity contribution in [1.82, 2.24) is 5.48 Å². The van der Waals surface area contributed by atoms with E-state index in [1.54, 1.807) is 11.4 Å². The van der Waals surface area contributed by atoms with Crippen molar-refractivity contribution in [3.63, 3.8) is 0 Å². The summed E-state index contributed by atoms with van der Waals surface area (Å²) in [5.41, 5.74) is -0.0511. The molecule has 8 heteroatoms. The van der Waals surface area contributed by atoms with E-state index < -0.39 is 11.9 Å². The van der Waals surface area contributed by atoms with E-state index in [1.165, 1.54) is 0 Å². The molecule has 0 aromatic carbocycles. The van der Waals surface area contributed by atoms with Crippen LogP contribution in [0.25, 0.3) is 0 Å². The van der Waals surface area contributed by atoms with Crippen LogP contribution in [0.15, 0.2) is 16.4 Å². The Bertz CT molecular complexity index is 420. The van der Waals surface area contributed by atoms with Crippen molar-refractivity contribution in [1.29, 1.82) is 0 Å². The van der Waals surface area contributed by atoms with E-state index in [0.29, 0.717) is 10.9 Å². The summed E-state index contributed by atoms with van der Waals surface area (Å²) < 4.78 is 39.0. The van der Waals surface area contributed by atoms with Gasteiger partial charge < -0.3 is 0 Å². The lowest BCUT2D eigenvalue weighted by atomic mass is 10.1. The van der Waals surface area contributed by atoms with Crippen molar-refractivity contribution in [2.24, 2.45) is 4.99 Å². The number of halogens is 4. The molecule has 88 valence electrons. The Morgan fingerprint density at radius 2 is 2.31 bits per heavy atom. The molecule has 0 saturated carbocycles. The van der Waals surface area contributed by atoms with Gasteiger partial charge in [-0.3, -0.25) is 5.48 Å². The molecule has 2 rings (SSSR count). The van der Waals surface area contributed by atoms with Crippen molar-refractivity contribution in [3.05, 3.63) is 21.9 Å². The van der Waals surface area contributed by atoms with E-state index in [1.807, 2.05) is 5.48 Å². The van der Waals surface area contributed by atoms with E-state index in [9.17, 15) is 13.2 Å². The fourth-order valence-electron chi connectivity index (χ4n) is 1.36. The van der Waals surface area contributed by atoms with E-state index in [4.69, 9.17) is 0 Å². The Morgan fingerprint density at radius 1 is 1.56 bits per heavy atom. The minimum absolute atomic E-state index is 0.0399. The van der Waals surface area contributed by atoms with E-state index in [0.717, 1.165) is 17.7 Å². The quantitative estimate of drug-likeness (QED) is 0.852. The average Bonchev–Trinajstić information content (AvgIpc) is 2.85. The Morgan fingerprint density at radius 3 is 2.81 bits per heavy atom. The molecule has 1 atom stereocenters. The van der Waals surface area contributed by atoms with Crippen LogP contribution in [0.4, 0.5) is 13.2 Å². The van der Waals surface area contributed by atoms with Gasteiger partial charge in [-0.2, -0.15) is 13.2 Å². The maximum Gasteiger partial charge on any atom is 0.446 e. The van der Waals surface area contributed by atoms with Gasteiger partial charge in [-0.25, -0.2) is 9.83 Å². The van der Waals surface area contributed by atoms with Crippen LogP contribution < -0.4 is 5.48 Å². The van der Waals surface area contributed by atoms with Gasteiger partial charge in [0.25, 0.3) is 0 Å². The second kappa shape index (κ2) is 4.01. The van der Waals surface area contributed by atoms with E-state index in [2.05, 4.69) is 25.8 Å². The van der Waals surface area contributed by atoms with Crippen LogP contribution in [0.1, 0.15) is 10.4 Å². The zero-order valence-corrected chi connectivity index (χ0v) is 10.1. The number of nitrogens with one attached hydrogen (secondary N) is 1. The van der Waals surface area contributed by atoms with Crippen molar-refractivity contribution in [2.75, 3.05) is 0 Å². The largest absolute Gasteiger partial charge is 0.446 e. The summed E-state index contributed by atoms with van der Waals surface area (Å²) in [6.07, 6.45) is -3.69. The summed E-state index contributed by atoms with van der Waals surface area (Å²) in [7, 11) is 0. The molecule has 0 amide bonds. The highest BCUT2D eigenvalue weighted by Crippen LogP contribution is 2.47. The van der Waals surface area contributed by atoms with Crippen LogP contribution in [-0.2, 0) is 15.9 Å². The number of nitrogens with zero attached hydrogens (tertiary/aromatic N) is 1. The molecule has 1 aliphatic heterocycles. The van der Waals surface area contributed by atoms with Crippen molar-refractivity contribution in [3.8, 4) is 0 Å². The van der Waals surface area contributed by atoms with Crippen LogP contribution in [0.5, 0.6) is 0 Å². The van der Waals surface area contributed by atoms with E-state index >= 15 is 0 Å². The Labute approximate surface area is 101 Å². The van der Waals surface area contributed by atoms with Gasteiger partial charge in [0.15, 0.2) is 0 Å². The summed E-state index contributed by atoms with van der Waals surface area (Å²) >= 11 is 4.11. The molecule has 0 spiro atoms. The van der Waals surface area contributed by atoms with Gasteiger partial charge in [-0.1, -0.05) is 15.9 Å². The number of hydrogen-bond donors (Lipinski definition) is 1. The standard InChI is InChI=1S/C8H6BrF3N2OS/c9-3-5-1-2-16-6(5)7(8(10,11)12)13-4-14-15-7/h1-2,4H,3H2,(H,13,14). The SMILES string of the molecule is FC(F)(F)C1(c2sccc2CBr)N=CNO1. The molecule has 1 N–H and O–H groups in total. The minimum Gasteiger partial charge on any atom is -0.253 e. The highest BCUT2D eigenvalue weighted by Gasteiger charge is 2.61. The van der Waals surface area contributed by atoms with Crippen molar-refractivity contribution >= 4 is 33.6 Å². The Hall–Kier alpha value is -0.600. The molecule has 0 aliphatic carbocycles. The summed E-state index contributed by atoms with van der Waals surface area (Å²) in [4.78, 5) is 8.02. The molecule has 3 nitrogen and oxygen atoms in total. The molecule has 1 aromatic rings.